The van der Waals surface area contributed by atoms with Crippen LogP contribution in [0.2, 0.25) is 0 Å². The van der Waals surface area contributed by atoms with Gasteiger partial charge in [0.1, 0.15) is 5.75 Å². The fraction of sp³-hybridized carbons (Fsp3) is 0.500. The average Bonchev–Trinajstić information content (AvgIpc) is 2.48. The summed E-state index contributed by atoms with van der Waals surface area (Å²) in [5, 5.41) is 16.9. The normalized spacial score (nSPS) is 21.6. The molecule has 1 heterocycles. The zero-order valence-electron chi connectivity index (χ0n) is 11.9. The van der Waals surface area contributed by atoms with Crippen LogP contribution in [0.25, 0.3) is 0 Å². The largest absolute Gasteiger partial charge is 0.484 e. The number of hydrogen-bond donors (Lipinski definition) is 2. The van der Waals surface area contributed by atoms with Crippen molar-refractivity contribution in [3.63, 3.8) is 0 Å². The molecule has 114 valence electrons. The third-order valence-corrected chi connectivity index (χ3v) is 3.53. The van der Waals surface area contributed by atoms with Crippen molar-refractivity contribution in [1.29, 1.82) is 0 Å². The molecule has 1 aliphatic heterocycles. The molecule has 2 N–H and O–H groups in total. The zero-order valence-corrected chi connectivity index (χ0v) is 11.9. The Hall–Kier alpha value is -2.15. The summed E-state index contributed by atoms with van der Waals surface area (Å²) < 4.78 is 5.30. The van der Waals surface area contributed by atoms with Gasteiger partial charge in [0, 0.05) is 12.1 Å². The molecule has 0 aromatic heterocycles. The van der Waals surface area contributed by atoms with Gasteiger partial charge >= 0.3 is 0 Å². The van der Waals surface area contributed by atoms with Crippen molar-refractivity contribution in [2.75, 3.05) is 19.7 Å². The number of benzene rings is 1. The number of nitro benzene ring substituents is 1. The second-order valence-corrected chi connectivity index (χ2v) is 5.19. The quantitative estimate of drug-likeness (QED) is 0.626. The molecule has 1 amide bonds. The number of rotatable bonds is 5. The molecule has 0 aliphatic carbocycles. The standard InChI is InChI=1S/C14H19N3O4/c1-10-8-15-6-5-13(10)16-14(18)9-21-12-4-2-3-11(7-12)17(19)20/h2-4,7,10,13,15H,5-6,8-9H2,1H3,(H,16,18). The molecular formula is C14H19N3O4. The zero-order chi connectivity index (χ0) is 15.2. The highest BCUT2D eigenvalue weighted by Gasteiger charge is 2.22. The Kier molecular flexibility index (Phi) is 5.10. The van der Waals surface area contributed by atoms with Crippen molar-refractivity contribution < 1.29 is 14.5 Å². The first-order chi connectivity index (χ1) is 10.1. The highest BCUT2D eigenvalue weighted by atomic mass is 16.6. The molecule has 2 rings (SSSR count). The van der Waals surface area contributed by atoms with Crippen LogP contribution in [0.1, 0.15) is 13.3 Å². The summed E-state index contributed by atoms with van der Waals surface area (Å²) >= 11 is 0. The van der Waals surface area contributed by atoms with Crippen LogP contribution in [-0.4, -0.2) is 36.6 Å². The second kappa shape index (κ2) is 7.03. The number of nitrogens with zero attached hydrogens (tertiary/aromatic N) is 1. The highest BCUT2D eigenvalue weighted by Crippen LogP contribution is 2.19. The molecule has 21 heavy (non-hydrogen) atoms. The van der Waals surface area contributed by atoms with Crippen LogP contribution in [-0.2, 0) is 4.79 Å². The summed E-state index contributed by atoms with van der Waals surface area (Å²) in [6.07, 6.45) is 0.893. The SMILES string of the molecule is CC1CNCCC1NC(=O)COc1cccc([N+](=O)[O-])c1. The van der Waals surface area contributed by atoms with Crippen LogP contribution in [0.5, 0.6) is 5.75 Å². The minimum absolute atomic E-state index is 0.0557. The predicted molar refractivity (Wildman–Crippen MR) is 77.2 cm³/mol. The van der Waals surface area contributed by atoms with Gasteiger partial charge in [-0.25, -0.2) is 0 Å². The third-order valence-electron chi connectivity index (χ3n) is 3.53. The fourth-order valence-corrected chi connectivity index (χ4v) is 2.31. The fourth-order valence-electron chi connectivity index (χ4n) is 2.31. The van der Waals surface area contributed by atoms with E-state index in [0.717, 1.165) is 19.5 Å². The van der Waals surface area contributed by atoms with Crippen molar-refractivity contribution >= 4 is 11.6 Å². The number of carbonyl (C=O) groups is 1. The monoisotopic (exact) mass is 293 g/mol. The summed E-state index contributed by atoms with van der Waals surface area (Å²) in [7, 11) is 0. The number of piperidine rings is 1. The van der Waals surface area contributed by atoms with E-state index in [1.807, 2.05) is 0 Å². The summed E-state index contributed by atoms with van der Waals surface area (Å²) in [6, 6.07) is 5.95. The number of amides is 1. The molecular weight excluding hydrogens is 274 g/mol. The van der Waals surface area contributed by atoms with Gasteiger partial charge in [-0.05, 0) is 31.5 Å². The maximum absolute atomic E-state index is 11.9. The van der Waals surface area contributed by atoms with Crippen LogP contribution >= 0.6 is 0 Å². The summed E-state index contributed by atoms with van der Waals surface area (Å²) in [4.78, 5) is 22.0. The molecule has 1 aromatic rings. The van der Waals surface area contributed by atoms with Gasteiger partial charge in [-0.3, -0.25) is 14.9 Å². The van der Waals surface area contributed by atoms with E-state index in [4.69, 9.17) is 4.74 Å². The van der Waals surface area contributed by atoms with Crippen molar-refractivity contribution in [1.82, 2.24) is 10.6 Å². The van der Waals surface area contributed by atoms with Gasteiger partial charge in [0.05, 0.1) is 11.0 Å². The average molecular weight is 293 g/mol. The Balaban J connectivity index is 1.83. The number of carbonyl (C=O) groups excluding carboxylic acids is 1. The summed E-state index contributed by atoms with van der Waals surface area (Å²) in [5.74, 6) is 0.485. The van der Waals surface area contributed by atoms with Crippen LogP contribution < -0.4 is 15.4 Å². The molecule has 2 atom stereocenters. The molecule has 1 aliphatic rings. The van der Waals surface area contributed by atoms with Gasteiger partial charge in [0.15, 0.2) is 6.61 Å². The van der Waals surface area contributed by atoms with E-state index < -0.39 is 4.92 Å². The molecule has 0 saturated carbocycles. The van der Waals surface area contributed by atoms with Crippen LogP contribution in [0.3, 0.4) is 0 Å². The maximum atomic E-state index is 11.9. The maximum Gasteiger partial charge on any atom is 0.273 e. The number of nitrogens with one attached hydrogen (secondary N) is 2. The third kappa shape index (κ3) is 4.42. The van der Waals surface area contributed by atoms with Gasteiger partial charge in [0.25, 0.3) is 11.6 Å². The van der Waals surface area contributed by atoms with Crippen molar-refractivity contribution in [3.8, 4) is 5.75 Å². The topological polar surface area (TPSA) is 93.5 Å². The second-order valence-electron chi connectivity index (χ2n) is 5.19. The number of non-ortho nitro benzene ring substituents is 1. The molecule has 1 saturated heterocycles. The van der Waals surface area contributed by atoms with Crippen molar-refractivity contribution in [2.24, 2.45) is 5.92 Å². The Labute approximate surface area is 122 Å². The lowest BCUT2D eigenvalue weighted by molar-refractivity contribution is -0.384. The van der Waals surface area contributed by atoms with Gasteiger partial charge < -0.3 is 15.4 Å². The summed E-state index contributed by atoms with van der Waals surface area (Å²) in [6.45, 7) is 3.72. The first-order valence-corrected chi connectivity index (χ1v) is 6.93. The van der Waals surface area contributed by atoms with E-state index >= 15 is 0 Å². The van der Waals surface area contributed by atoms with E-state index in [9.17, 15) is 14.9 Å². The minimum atomic E-state index is -0.496. The molecule has 0 radical (unpaired) electrons. The molecule has 2 unspecified atom stereocenters. The molecule has 1 aromatic carbocycles. The molecule has 0 spiro atoms. The lowest BCUT2D eigenvalue weighted by Crippen LogP contribution is -2.49. The van der Waals surface area contributed by atoms with Gasteiger partial charge in [-0.15, -0.1) is 0 Å². The molecule has 7 heteroatoms. The molecule has 1 fully saturated rings. The first kappa shape index (κ1) is 15.2. The first-order valence-electron chi connectivity index (χ1n) is 6.93. The van der Waals surface area contributed by atoms with Crippen molar-refractivity contribution in [3.05, 3.63) is 34.4 Å². The van der Waals surface area contributed by atoms with E-state index in [2.05, 4.69) is 17.6 Å². The Morgan fingerprint density at radius 1 is 1.57 bits per heavy atom. The van der Waals surface area contributed by atoms with Gasteiger partial charge in [0.2, 0.25) is 0 Å². The van der Waals surface area contributed by atoms with E-state index in [0.29, 0.717) is 11.7 Å². The Morgan fingerprint density at radius 2 is 2.38 bits per heavy atom. The van der Waals surface area contributed by atoms with Gasteiger partial charge in [-0.1, -0.05) is 13.0 Å². The van der Waals surface area contributed by atoms with Gasteiger partial charge in [-0.2, -0.15) is 0 Å². The summed E-state index contributed by atoms with van der Waals surface area (Å²) in [5.41, 5.74) is -0.0557. The molecule has 0 bridgehead atoms. The van der Waals surface area contributed by atoms with Crippen LogP contribution in [0.15, 0.2) is 24.3 Å². The predicted octanol–water partition coefficient (Wildman–Crippen LogP) is 1.09. The lowest BCUT2D eigenvalue weighted by Gasteiger charge is -2.30. The van der Waals surface area contributed by atoms with Crippen molar-refractivity contribution in [2.45, 2.75) is 19.4 Å². The minimum Gasteiger partial charge on any atom is -0.484 e. The lowest BCUT2D eigenvalue weighted by atomic mass is 9.95. The number of ether oxygens (including phenoxy) is 1. The smallest absolute Gasteiger partial charge is 0.273 e. The van der Waals surface area contributed by atoms with E-state index in [1.54, 1.807) is 6.07 Å². The van der Waals surface area contributed by atoms with Crippen LogP contribution in [0.4, 0.5) is 5.69 Å². The van der Waals surface area contributed by atoms with Crippen LogP contribution in [0, 0.1) is 16.0 Å². The molecule has 7 nitrogen and oxygen atoms in total. The number of hydrogen-bond acceptors (Lipinski definition) is 5. The Morgan fingerprint density at radius 3 is 3.10 bits per heavy atom. The highest BCUT2D eigenvalue weighted by molar-refractivity contribution is 5.77. The number of nitro groups is 1. The van der Waals surface area contributed by atoms with E-state index in [1.165, 1.54) is 18.2 Å². The van der Waals surface area contributed by atoms with E-state index in [-0.39, 0.29) is 24.2 Å². The Bertz CT molecular complexity index is 521.